The predicted molar refractivity (Wildman–Crippen MR) is 115 cm³/mol. The van der Waals surface area contributed by atoms with Gasteiger partial charge in [-0.2, -0.15) is 0 Å². The van der Waals surface area contributed by atoms with Gasteiger partial charge in [0, 0.05) is 28.8 Å². The number of hydrogen-bond acceptors (Lipinski definition) is 4. The summed E-state index contributed by atoms with van der Waals surface area (Å²) in [5, 5.41) is 5.66. The van der Waals surface area contributed by atoms with Gasteiger partial charge in [-0.05, 0) is 61.6 Å². The molecular formula is C21H26BrN3O3. The highest BCUT2D eigenvalue weighted by atomic mass is 79.9. The lowest BCUT2D eigenvalue weighted by atomic mass is 10.2. The van der Waals surface area contributed by atoms with Crippen LogP contribution in [0.15, 0.2) is 53.0 Å². The summed E-state index contributed by atoms with van der Waals surface area (Å²) in [7, 11) is 0. The fourth-order valence-electron chi connectivity index (χ4n) is 2.55. The number of anilines is 1. The van der Waals surface area contributed by atoms with Crippen LogP contribution in [0.25, 0.3) is 0 Å². The molecule has 2 aromatic carbocycles. The summed E-state index contributed by atoms with van der Waals surface area (Å²) in [6.07, 6.45) is 0. The van der Waals surface area contributed by atoms with Gasteiger partial charge >= 0.3 is 0 Å². The van der Waals surface area contributed by atoms with Gasteiger partial charge in [0.15, 0.2) is 6.61 Å². The standard InChI is InChI=1S/C21H26BrN3O3/c1-3-25(4-2)14-13-23-21(27)16-5-9-18(10-6-16)24-20(26)15-28-19-11-7-17(22)8-12-19/h5-12H,3-4,13-15H2,1-2H3,(H,23,27)(H,24,26). The van der Waals surface area contributed by atoms with Gasteiger partial charge in [0.2, 0.25) is 0 Å². The van der Waals surface area contributed by atoms with Crippen LogP contribution in [0.5, 0.6) is 5.75 Å². The molecule has 28 heavy (non-hydrogen) atoms. The van der Waals surface area contributed by atoms with Crippen molar-refractivity contribution in [3.63, 3.8) is 0 Å². The zero-order valence-corrected chi connectivity index (χ0v) is 17.8. The Kier molecular flexibility index (Phi) is 8.97. The fraction of sp³-hybridized carbons (Fsp3) is 0.333. The lowest BCUT2D eigenvalue weighted by Gasteiger charge is -2.18. The van der Waals surface area contributed by atoms with Crippen LogP contribution in [0.2, 0.25) is 0 Å². The molecule has 7 heteroatoms. The molecule has 2 aromatic rings. The molecule has 0 fully saturated rings. The summed E-state index contributed by atoms with van der Waals surface area (Å²) in [5.74, 6) is 0.234. The van der Waals surface area contributed by atoms with E-state index in [-0.39, 0.29) is 18.4 Å². The molecule has 0 atom stereocenters. The number of benzene rings is 2. The second kappa shape index (κ2) is 11.5. The third kappa shape index (κ3) is 7.32. The van der Waals surface area contributed by atoms with E-state index in [9.17, 15) is 9.59 Å². The lowest BCUT2D eigenvalue weighted by Crippen LogP contribution is -2.34. The van der Waals surface area contributed by atoms with Crippen molar-refractivity contribution in [1.82, 2.24) is 10.2 Å². The molecule has 0 unspecified atom stereocenters. The van der Waals surface area contributed by atoms with Gasteiger partial charge in [-0.25, -0.2) is 0 Å². The Balaban J connectivity index is 1.77. The van der Waals surface area contributed by atoms with E-state index < -0.39 is 0 Å². The van der Waals surface area contributed by atoms with E-state index in [0.717, 1.165) is 24.1 Å². The Morgan fingerprint density at radius 1 is 1.00 bits per heavy atom. The Morgan fingerprint density at radius 3 is 2.25 bits per heavy atom. The smallest absolute Gasteiger partial charge is 0.262 e. The molecule has 0 saturated heterocycles. The van der Waals surface area contributed by atoms with Gasteiger partial charge in [0.25, 0.3) is 11.8 Å². The summed E-state index contributed by atoms with van der Waals surface area (Å²) in [6, 6.07) is 14.1. The van der Waals surface area contributed by atoms with Crippen LogP contribution in [-0.2, 0) is 4.79 Å². The molecule has 2 N–H and O–H groups in total. The van der Waals surface area contributed by atoms with E-state index in [2.05, 4.69) is 45.3 Å². The van der Waals surface area contributed by atoms with Crippen LogP contribution >= 0.6 is 15.9 Å². The molecule has 0 aliphatic rings. The summed E-state index contributed by atoms with van der Waals surface area (Å²) in [6.45, 7) is 7.47. The number of halogens is 1. The average molecular weight is 448 g/mol. The minimum Gasteiger partial charge on any atom is -0.484 e. The molecular weight excluding hydrogens is 422 g/mol. The number of carbonyl (C=O) groups is 2. The van der Waals surface area contributed by atoms with Gasteiger partial charge in [0.1, 0.15) is 5.75 Å². The van der Waals surface area contributed by atoms with Gasteiger partial charge in [-0.1, -0.05) is 29.8 Å². The number of likely N-dealkylation sites (N-methyl/N-ethyl adjacent to an activating group) is 1. The monoisotopic (exact) mass is 447 g/mol. The minimum atomic E-state index is -0.264. The number of rotatable bonds is 10. The number of carbonyl (C=O) groups excluding carboxylic acids is 2. The fourth-order valence-corrected chi connectivity index (χ4v) is 2.82. The molecule has 0 bridgehead atoms. The SMILES string of the molecule is CCN(CC)CCNC(=O)c1ccc(NC(=O)COc2ccc(Br)cc2)cc1. The van der Waals surface area contributed by atoms with Crippen LogP contribution in [0, 0.1) is 0 Å². The topological polar surface area (TPSA) is 70.7 Å². The number of hydrogen-bond donors (Lipinski definition) is 2. The average Bonchev–Trinajstić information content (AvgIpc) is 2.71. The van der Waals surface area contributed by atoms with Crippen molar-refractivity contribution in [2.75, 3.05) is 38.1 Å². The molecule has 0 radical (unpaired) electrons. The second-order valence-electron chi connectivity index (χ2n) is 6.15. The normalized spacial score (nSPS) is 10.6. The van der Waals surface area contributed by atoms with Crippen LogP contribution < -0.4 is 15.4 Å². The first kappa shape index (κ1) is 21.9. The van der Waals surface area contributed by atoms with Gasteiger partial charge < -0.3 is 20.3 Å². The van der Waals surface area contributed by atoms with E-state index in [1.54, 1.807) is 36.4 Å². The zero-order chi connectivity index (χ0) is 20.4. The van der Waals surface area contributed by atoms with Gasteiger partial charge in [-0.3, -0.25) is 9.59 Å². The van der Waals surface area contributed by atoms with E-state index >= 15 is 0 Å². The molecule has 6 nitrogen and oxygen atoms in total. The maximum absolute atomic E-state index is 12.2. The number of nitrogens with one attached hydrogen (secondary N) is 2. The quantitative estimate of drug-likeness (QED) is 0.584. The molecule has 0 aliphatic heterocycles. The lowest BCUT2D eigenvalue weighted by molar-refractivity contribution is -0.118. The van der Waals surface area contributed by atoms with Crippen molar-refractivity contribution in [3.8, 4) is 5.75 Å². The number of nitrogens with zero attached hydrogens (tertiary/aromatic N) is 1. The van der Waals surface area contributed by atoms with Crippen molar-refractivity contribution in [3.05, 3.63) is 58.6 Å². The summed E-state index contributed by atoms with van der Waals surface area (Å²) >= 11 is 3.35. The highest BCUT2D eigenvalue weighted by Gasteiger charge is 2.08. The molecule has 2 amide bonds. The summed E-state index contributed by atoms with van der Waals surface area (Å²) < 4.78 is 6.38. The second-order valence-corrected chi connectivity index (χ2v) is 7.07. The van der Waals surface area contributed by atoms with Crippen LogP contribution in [0.3, 0.4) is 0 Å². The molecule has 0 spiro atoms. The minimum absolute atomic E-state index is 0.0881. The largest absolute Gasteiger partial charge is 0.484 e. The van der Waals surface area contributed by atoms with Crippen LogP contribution in [0.4, 0.5) is 5.69 Å². The zero-order valence-electron chi connectivity index (χ0n) is 16.2. The molecule has 150 valence electrons. The first-order chi connectivity index (χ1) is 13.5. The number of ether oxygens (including phenoxy) is 1. The Labute approximate surface area is 174 Å². The maximum Gasteiger partial charge on any atom is 0.262 e. The van der Waals surface area contributed by atoms with Gasteiger partial charge in [0.05, 0.1) is 0 Å². The molecule has 2 rings (SSSR count). The van der Waals surface area contributed by atoms with E-state index in [0.29, 0.717) is 23.5 Å². The maximum atomic E-state index is 12.2. The highest BCUT2D eigenvalue weighted by Crippen LogP contribution is 2.16. The van der Waals surface area contributed by atoms with Crippen molar-refractivity contribution < 1.29 is 14.3 Å². The Bertz CT molecular complexity index is 759. The third-order valence-electron chi connectivity index (χ3n) is 4.22. The molecule has 0 saturated carbocycles. The van der Waals surface area contributed by atoms with Crippen LogP contribution in [-0.4, -0.2) is 49.5 Å². The van der Waals surface area contributed by atoms with Crippen molar-refractivity contribution in [2.45, 2.75) is 13.8 Å². The Hall–Kier alpha value is -2.38. The van der Waals surface area contributed by atoms with Crippen molar-refractivity contribution in [2.24, 2.45) is 0 Å². The van der Waals surface area contributed by atoms with Gasteiger partial charge in [-0.15, -0.1) is 0 Å². The third-order valence-corrected chi connectivity index (χ3v) is 4.75. The molecule has 0 aliphatic carbocycles. The molecule has 0 aromatic heterocycles. The summed E-state index contributed by atoms with van der Waals surface area (Å²) in [5.41, 5.74) is 1.17. The molecule has 0 heterocycles. The predicted octanol–water partition coefficient (Wildman–Crippen LogP) is 3.54. The Morgan fingerprint density at radius 2 is 1.64 bits per heavy atom. The van der Waals surface area contributed by atoms with E-state index in [4.69, 9.17) is 4.74 Å². The first-order valence-electron chi connectivity index (χ1n) is 9.30. The van der Waals surface area contributed by atoms with E-state index in [1.807, 2.05) is 12.1 Å². The number of amides is 2. The van der Waals surface area contributed by atoms with Crippen molar-refractivity contribution >= 4 is 33.4 Å². The van der Waals surface area contributed by atoms with Crippen LogP contribution in [0.1, 0.15) is 24.2 Å². The van der Waals surface area contributed by atoms with E-state index in [1.165, 1.54) is 0 Å². The highest BCUT2D eigenvalue weighted by molar-refractivity contribution is 9.10. The summed E-state index contributed by atoms with van der Waals surface area (Å²) in [4.78, 5) is 26.4. The van der Waals surface area contributed by atoms with Crippen molar-refractivity contribution in [1.29, 1.82) is 0 Å². The first-order valence-corrected chi connectivity index (χ1v) is 10.1.